The molecule has 1 saturated heterocycles. The average Bonchev–Trinajstić information content (AvgIpc) is 2.78. The molecule has 1 unspecified atom stereocenters. The van der Waals surface area contributed by atoms with Crippen molar-refractivity contribution in [3.05, 3.63) is 71.8 Å². The van der Waals surface area contributed by atoms with Crippen LogP contribution in [0.25, 0.3) is 0 Å². The molecule has 5 nitrogen and oxygen atoms in total. The maximum absolute atomic E-state index is 13.2. The lowest BCUT2D eigenvalue weighted by Crippen LogP contribution is -2.49. The van der Waals surface area contributed by atoms with E-state index in [9.17, 15) is 9.59 Å². The van der Waals surface area contributed by atoms with Crippen LogP contribution in [0.2, 0.25) is 0 Å². The van der Waals surface area contributed by atoms with E-state index >= 15 is 0 Å². The normalized spacial score (nSPS) is 15.9. The lowest BCUT2D eigenvalue weighted by atomic mass is 10.0. The van der Waals surface area contributed by atoms with Crippen LogP contribution in [0.1, 0.15) is 48.7 Å². The number of nitrogens with zero attached hydrogens (tertiary/aromatic N) is 2. The molecule has 1 aliphatic rings. The highest BCUT2D eigenvalue weighted by atomic mass is 16.2. The van der Waals surface area contributed by atoms with Crippen LogP contribution < -0.4 is 5.32 Å². The third-order valence-electron chi connectivity index (χ3n) is 5.69. The van der Waals surface area contributed by atoms with Gasteiger partial charge in [-0.3, -0.25) is 14.5 Å². The highest BCUT2D eigenvalue weighted by Crippen LogP contribution is 2.22. The molecule has 1 heterocycles. The summed E-state index contributed by atoms with van der Waals surface area (Å²) in [7, 11) is 0. The molecule has 0 saturated carbocycles. The molecule has 2 aromatic carbocycles. The van der Waals surface area contributed by atoms with Gasteiger partial charge in [-0.25, -0.2) is 0 Å². The summed E-state index contributed by atoms with van der Waals surface area (Å²) in [6.45, 7) is 7.13. The Labute approximate surface area is 173 Å². The molecule has 1 N–H and O–H groups in total. The van der Waals surface area contributed by atoms with E-state index in [1.54, 1.807) is 0 Å². The average molecular weight is 394 g/mol. The SMILES string of the molecule is CCN(CC)C(C(=O)NC1CCN(C(=O)c2ccccc2)CC1)c1ccccc1. The van der Waals surface area contributed by atoms with Crippen LogP contribution in [-0.2, 0) is 4.79 Å². The summed E-state index contributed by atoms with van der Waals surface area (Å²) in [4.78, 5) is 29.9. The molecule has 2 aromatic rings. The van der Waals surface area contributed by atoms with Crippen LogP contribution in [0.3, 0.4) is 0 Å². The maximum Gasteiger partial charge on any atom is 0.253 e. The zero-order valence-corrected chi connectivity index (χ0v) is 17.4. The highest BCUT2D eigenvalue weighted by molar-refractivity contribution is 5.94. The Bertz CT molecular complexity index is 782. The van der Waals surface area contributed by atoms with Crippen molar-refractivity contribution in [2.45, 2.75) is 38.8 Å². The Hall–Kier alpha value is -2.66. The standard InChI is InChI=1S/C24H31N3O2/c1-3-26(4-2)22(19-11-7-5-8-12-19)23(28)25-21-15-17-27(18-16-21)24(29)20-13-9-6-10-14-20/h5-14,21-22H,3-4,15-18H2,1-2H3,(H,25,28). The zero-order valence-electron chi connectivity index (χ0n) is 17.4. The van der Waals surface area contributed by atoms with E-state index in [0.29, 0.717) is 13.1 Å². The van der Waals surface area contributed by atoms with E-state index in [1.165, 1.54) is 0 Å². The molecule has 0 radical (unpaired) electrons. The van der Waals surface area contributed by atoms with Gasteiger partial charge < -0.3 is 10.2 Å². The van der Waals surface area contributed by atoms with E-state index in [1.807, 2.05) is 65.6 Å². The lowest BCUT2D eigenvalue weighted by molar-refractivity contribution is -0.127. The predicted molar refractivity (Wildman–Crippen MR) is 116 cm³/mol. The molecule has 3 rings (SSSR count). The van der Waals surface area contributed by atoms with Gasteiger partial charge in [0.25, 0.3) is 5.91 Å². The molecule has 0 bridgehead atoms. The van der Waals surface area contributed by atoms with Gasteiger partial charge in [0.2, 0.25) is 5.91 Å². The Morgan fingerprint density at radius 3 is 2.07 bits per heavy atom. The second kappa shape index (κ2) is 10.2. The largest absolute Gasteiger partial charge is 0.352 e. The molecule has 29 heavy (non-hydrogen) atoms. The van der Waals surface area contributed by atoms with Gasteiger partial charge in [0.1, 0.15) is 6.04 Å². The molecule has 5 heteroatoms. The molecule has 0 aromatic heterocycles. The number of rotatable bonds is 7. The van der Waals surface area contributed by atoms with Gasteiger partial charge in [-0.1, -0.05) is 62.4 Å². The third kappa shape index (κ3) is 5.24. The predicted octanol–water partition coefficient (Wildman–Crippen LogP) is 3.49. The first kappa shape index (κ1) is 21.1. The number of carbonyl (C=O) groups excluding carboxylic acids is 2. The van der Waals surface area contributed by atoms with Gasteiger partial charge in [-0.05, 0) is 43.6 Å². The first-order valence-electron chi connectivity index (χ1n) is 10.6. The summed E-state index contributed by atoms with van der Waals surface area (Å²) in [5, 5.41) is 3.25. The van der Waals surface area contributed by atoms with Crippen LogP contribution in [0.5, 0.6) is 0 Å². The first-order chi connectivity index (χ1) is 14.1. The molecule has 1 aliphatic heterocycles. The summed E-state index contributed by atoms with van der Waals surface area (Å²) in [5.41, 5.74) is 1.74. The highest BCUT2D eigenvalue weighted by Gasteiger charge is 2.30. The first-order valence-corrected chi connectivity index (χ1v) is 10.6. The van der Waals surface area contributed by atoms with Crippen molar-refractivity contribution in [2.75, 3.05) is 26.2 Å². The quantitative estimate of drug-likeness (QED) is 0.783. The van der Waals surface area contributed by atoms with Gasteiger partial charge >= 0.3 is 0 Å². The lowest BCUT2D eigenvalue weighted by Gasteiger charge is -2.35. The third-order valence-corrected chi connectivity index (χ3v) is 5.69. The molecular formula is C24H31N3O2. The van der Waals surface area contributed by atoms with Crippen molar-refractivity contribution in [3.63, 3.8) is 0 Å². The fraction of sp³-hybridized carbons (Fsp3) is 0.417. The van der Waals surface area contributed by atoms with Gasteiger partial charge in [0.05, 0.1) is 0 Å². The topological polar surface area (TPSA) is 52.7 Å². The van der Waals surface area contributed by atoms with Gasteiger partial charge in [0, 0.05) is 24.7 Å². The molecule has 0 aliphatic carbocycles. The van der Waals surface area contributed by atoms with Crippen molar-refractivity contribution in [3.8, 4) is 0 Å². The molecule has 1 fully saturated rings. The fourth-order valence-corrected chi connectivity index (χ4v) is 4.02. The van der Waals surface area contributed by atoms with Crippen molar-refractivity contribution >= 4 is 11.8 Å². The Morgan fingerprint density at radius 1 is 0.966 bits per heavy atom. The Morgan fingerprint density at radius 2 is 1.52 bits per heavy atom. The van der Waals surface area contributed by atoms with Crippen LogP contribution in [0, 0.1) is 0 Å². The second-order valence-corrected chi connectivity index (χ2v) is 7.48. The number of amides is 2. The number of hydrogen-bond donors (Lipinski definition) is 1. The maximum atomic E-state index is 13.2. The van der Waals surface area contributed by atoms with E-state index in [4.69, 9.17) is 0 Å². The molecular weight excluding hydrogens is 362 g/mol. The summed E-state index contributed by atoms with van der Waals surface area (Å²) in [6, 6.07) is 19.2. The van der Waals surface area contributed by atoms with Crippen molar-refractivity contribution in [2.24, 2.45) is 0 Å². The minimum atomic E-state index is -0.282. The van der Waals surface area contributed by atoms with E-state index in [2.05, 4.69) is 24.1 Å². The van der Waals surface area contributed by atoms with Crippen LogP contribution >= 0.6 is 0 Å². The number of carbonyl (C=O) groups is 2. The molecule has 154 valence electrons. The van der Waals surface area contributed by atoms with Crippen LogP contribution in [0.4, 0.5) is 0 Å². The number of piperidine rings is 1. The number of likely N-dealkylation sites (N-methyl/N-ethyl adjacent to an activating group) is 1. The smallest absolute Gasteiger partial charge is 0.253 e. The van der Waals surface area contributed by atoms with E-state index in [0.717, 1.165) is 37.1 Å². The second-order valence-electron chi connectivity index (χ2n) is 7.48. The Kier molecular flexibility index (Phi) is 7.42. The van der Waals surface area contributed by atoms with Gasteiger partial charge in [-0.15, -0.1) is 0 Å². The number of nitrogens with one attached hydrogen (secondary N) is 1. The number of likely N-dealkylation sites (tertiary alicyclic amines) is 1. The summed E-state index contributed by atoms with van der Waals surface area (Å²) < 4.78 is 0. The van der Waals surface area contributed by atoms with E-state index in [-0.39, 0.29) is 23.9 Å². The van der Waals surface area contributed by atoms with Crippen molar-refractivity contribution < 1.29 is 9.59 Å². The Balaban J connectivity index is 1.61. The fourth-order valence-electron chi connectivity index (χ4n) is 4.02. The summed E-state index contributed by atoms with van der Waals surface area (Å²) in [5.74, 6) is 0.119. The van der Waals surface area contributed by atoms with Gasteiger partial charge in [-0.2, -0.15) is 0 Å². The molecule has 1 atom stereocenters. The minimum Gasteiger partial charge on any atom is -0.352 e. The summed E-state index contributed by atoms with van der Waals surface area (Å²) >= 11 is 0. The molecule has 2 amide bonds. The van der Waals surface area contributed by atoms with Crippen LogP contribution in [0.15, 0.2) is 60.7 Å². The number of hydrogen-bond acceptors (Lipinski definition) is 3. The molecule has 0 spiro atoms. The van der Waals surface area contributed by atoms with E-state index < -0.39 is 0 Å². The summed E-state index contributed by atoms with van der Waals surface area (Å²) in [6.07, 6.45) is 1.56. The zero-order chi connectivity index (χ0) is 20.6. The number of benzene rings is 2. The van der Waals surface area contributed by atoms with Crippen molar-refractivity contribution in [1.82, 2.24) is 15.1 Å². The van der Waals surface area contributed by atoms with Gasteiger partial charge in [0.15, 0.2) is 0 Å². The minimum absolute atomic E-state index is 0.0488. The monoisotopic (exact) mass is 393 g/mol. The van der Waals surface area contributed by atoms with Crippen molar-refractivity contribution in [1.29, 1.82) is 0 Å². The van der Waals surface area contributed by atoms with Crippen LogP contribution in [-0.4, -0.2) is 53.8 Å².